The van der Waals surface area contributed by atoms with Gasteiger partial charge >= 0.3 is 0 Å². The minimum atomic E-state index is -3.69. The molecule has 2 aromatic carbocycles. The van der Waals surface area contributed by atoms with Crippen molar-refractivity contribution in [2.24, 2.45) is 0 Å². The van der Waals surface area contributed by atoms with Crippen molar-refractivity contribution >= 4 is 27.4 Å². The van der Waals surface area contributed by atoms with Gasteiger partial charge in [-0.1, -0.05) is 30.3 Å². The molecule has 1 saturated heterocycles. The van der Waals surface area contributed by atoms with Crippen LogP contribution < -0.4 is 10.2 Å². The molecule has 7 nitrogen and oxygen atoms in total. The van der Waals surface area contributed by atoms with E-state index in [4.69, 9.17) is 0 Å². The Balaban J connectivity index is 1.47. The van der Waals surface area contributed by atoms with Crippen molar-refractivity contribution in [1.29, 1.82) is 0 Å². The molecule has 154 valence electrons. The van der Waals surface area contributed by atoms with Gasteiger partial charge in [0.05, 0.1) is 4.90 Å². The number of sulfonamides is 1. The zero-order valence-electron chi connectivity index (χ0n) is 16.3. The molecular weight excluding hydrogens is 400 g/mol. The zero-order valence-corrected chi connectivity index (χ0v) is 17.1. The number of hydrogen-bond donors (Lipinski definition) is 1. The largest absolute Gasteiger partial charge is 0.354 e. The second-order valence-corrected chi connectivity index (χ2v) is 8.86. The van der Waals surface area contributed by atoms with E-state index in [9.17, 15) is 13.2 Å². The van der Waals surface area contributed by atoms with Gasteiger partial charge in [-0.05, 0) is 42.5 Å². The highest BCUT2D eigenvalue weighted by Gasteiger charge is 2.29. The molecule has 0 radical (unpaired) electrons. The van der Waals surface area contributed by atoms with Gasteiger partial charge in [0.15, 0.2) is 0 Å². The number of nitrogens with one attached hydrogen (secondary N) is 1. The van der Waals surface area contributed by atoms with Crippen LogP contribution in [0.2, 0.25) is 0 Å². The number of nitrogens with zero attached hydrogens (tertiary/aromatic N) is 3. The third kappa shape index (κ3) is 4.34. The van der Waals surface area contributed by atoms with E-state index in [0.29, 0.717) is 37.4 Å². The summed E-state index contributed by atoms with van der Waals surface area (Å²) >= 11 is 0. The van der Waals surface area contributed by atoms with Gasteiger partial charge in [0.1, 0.15) is 5.82 Å². The normalized spacial score (nSPS) is 15.0. The fourth-order valence-electron chi connectivity index (χ4n) is 3.37. The van der Waals surface area contributed by atoms with Crippen LogP contribution in [0.1, 0.15) is 10.4 Å². The molecule has 30 heavy (non-hydrogen) atoms. The third-order valence-electron chi connectivity index (χ3n) is 4.98. The minimum absolute atomic E-state index is 0.120. The first kappa shape index (κ1) is 20.1. The summed E-state index contributed by atoms with van der Waals surface area (Å²) in [5, 5.41) is 2.78. The smallest absolute Gasteiger partial charge is 0.255 e. The van der Waals surface area contributed by atoms with Gasteiger partial charge in [-0.25, -0.2) is 13.4 Å². The highest BCUT2D eigenvalue weighted by molar-refractivity contribution is 7.89. The van der Waals surface area contributed by atoms with E-state index >= 15 is 0 Å². The number of anilines is 2. The molecule has 2 heterocycles. The summed E-state index contributed by atoms with van der Waals surface area (Å²) in [6.45, 7) is 1.84. The van der Waals surface area contributed by atoms with Gasteiger partial charge in [0.2, 0.25) is 10.0 Å². The molecule has 0 saturated carbocycles. The molecule has 8 heteroatoms. The maximum atomic E-state index is 13.1. The van der Waals surface area contributed by atoms with Crippen molar-refractivity contribution < 1.29 is 13.2 Å². The van der Waals surface area contributed by atoms with E-state index in [2.05, 4.69) is 15.2 Å². The summed E-state index contributed by atoms with van der Waals surface area (Å²) in [5.74, 6) is 0.493. The van der Waals surface area contributed by atoms with E-state index in [1.54, 1.807) is 30.5 Å². The van der Waals surface area contributed by atoms with Crippen LogP contribution in [0.5, 0.6) is 0 Å². The monoisotopic (exact) mass is 422 g/mol. The standard InChI is InChI=1S/C22H22N4O3S/c27-22(24-19-8-2-1-3-9-19)18-7-6-10-20(17-18)30(28,29)26-15-13-25(14-16-26)21-11-4-5-12-23-21/h1-12,17H,13-16H2,(H,24,27). The maximum absolute atomic E-state index is 13.1. The van der Waals surface area contributed by atoms with Crippen LogP contribution in [0.4, 0.5) is 11.5 Å². The van der Waals surface area contributed by atoms with Crippen LogP contribution in [-0.2, 0) is 10.0 Å². The molecule has 1 N–H and O–H groups in total. The lowest BCUT2D eigenvalue weighted by molar-refractivity contribution is 0.102. The van der Waals surface area contributed by atoms with E-state index in [1.165, 1.54) is 16.4 Å². The van der Waals surface area contributed by atoms with E-state index in [0.717, 1.165) is 5.82 Å². The van der Waals surface area contributed by atoms with Gasteiger partial charge < -0.3 is 10.2 Å². The Labute approximate surface area is 176 Å². The summed E-state index contributed by atoms with van der Waals surface area (Å²) in [4.78, 5) is 19.0. The highest BCUT2D eigenvalue weighted by atomic mass is 32.2. The number of carbonyl (C=O) groups is 1. The Hall–Kier alpha value is -3.23. The number of aromatic nitrogens is 1. The number of pyridine rings is 1. The fraction of sp³-hybridized carbons (Fsp3) is 0.182. The molecule has 0 spiro atoms. The van der Waals surface area contributed by atoms with Crippen LogP contribution in [0.3, 0.4) is 0 Å². The predicted molar refractivity (Wildman–Crippen MR) is 116 cm³/mol. The molecule has 0 atom stereocenters. The summed E-state index contributed by atoms with van der Waals surface area (Å²) in [6.07, 6.45) is 1.73. The van der Waals surface area contributed by atoms with Gasteiger partial charge in [-0.3, -0.25) is 4.79 Å². The maximum Gasteiger partial charge on any atom is 0.255 e. The highest BCUT2D eigenvalue weighted by Crippen LogP contribution is 2.21. The molecular formula is C22H22N4O3S. The van der Waals surface area contributed by atoms with Crippen molar-refractivity contribution in [2.45, 2.75) is 4.90 Å². The molecule has 4 rings (SSSR count). The van der Waals surface area contributed by atoms with Crippen LogP contribution in [0.25, 0.3) is 0 Å². The molecule has 1 amide bonds. The molecule has 3 aromatic rings. The molecule has 1 aromatic heterocycles. The molecule has 1 fully saturated rings. The zero-order chi connectivity index (χ0) is 21.0. The van der Waals surface area contributed by atoms with E-state index in [1.807, 2.05) is 36.4 Å². The van der Waals surface area contributed by atoms with Crippen LogP contribution in [0, 0.1) is 0 Å². The lowest BCUT2D eigenvalue weighted by atomic mass is 10.2. The molecule has 1 aliphatic heterocycles. The Morgan fingerprint density at radius 1 is 0.867 bits per heavy atom. The van der Waals surface area contributed by atoms with Crippen LogP contribution in [0.15, 0.2) is 83.9 Å². The number of hydrogen-bond acceptors (Lipinski definition) is 5. The van der Waals surface area contributed by atoms with Crippen molar-refractivity contribution in [3.05, 3.63) is 84.6 Å². The molecule has 0 bridgehead atoms. The minimum Gasteiger partial charge on any atom is -0.354 e. The molecule has 0 aliphatic carbocycles. The average Bonchev–Trinajstić information content (AvgIpc) is 2.80. The first-order valence-corrected chi connectivity index (χ1v) is 11.1. The van der Waals surface area contributed by atoms with Gasteiger partial charge in [0.25, 0.3) is 5.91 Å². The topological polar surface area (TPSA) is 82.6 Å². The number of benzene rings is 2. The summed E-state index contributed by atoms with van der Waals surface area (Å²) in [7, 11) is -3.69. The van der Waals surface area contributed by atoms with Gasteiger partial charge in [-0.15, -0.1) is 0 Å². The SMILES string of the molecule is O=C(Nc1ccccc1)c1cccc(S(=O)(=O)N2CCN(c3ccccn3)CC2)c1. The predicted octanol–water partition coefficient (Wildman–Crippen LogP) is 2.84. The first-order chi connectivity index (χ1) is 14.5. The number of rotatable bonds is 5. The summed E-state index contributed by atoms with van der Waals surface area (Å²) < 4.78 is 27.7. The number of amides is 1. The molecule has 0 unspecified atom stereocenters. The Bertz CT molecular complexity index is 1110. The number of piperazine rings is 1. The number of carbonyl (C=O) groups excluding carboxylic acids is 1. The van der Waals surface area contributed by atoms with Crippen molar-refractivity contribution in [2.75, 3.05) is 36.4 Å². The third-order valence-corrected chi connectivity index (χ3v) is 6.87. The van der Waals surface area contributed by atoms with Gasteiger partial charge in [0, 0.05) is 43.6 Å². The van der Waals surface area contributed by atoms with Crippen LogP contribution in [-0.4, -0.2) is 49.8 Å². The lowest BCUT2D eigenvalue weighted by Gasteiger charge is -2.34. The number of para-hydroxylation sites is 1. The quantitative estimate of drug-likeness (QED) is 0.684. The average molecular weight is 423 g/mol. The summed E-state index contributed by atoms with van der Waals surface area (Å²) in [6, 6.07) is 20.9. The van der Waals surface area contributed by atoms with Crippen LogP contribution >= 0.6 is 0 Å². The van der Waals surface area contributed by atoms with E-state index in [-0.39, 0.29) is 10.8 Å². The lowest BCUT2D eigenvalue weighted by Crippen LogP contribution is -2.48. The Morgan fingerprint density at radius 2 is 1.60 bits per heavy atom. The first-order valence-electron chi connectivity index (χ1n) is 9.67. The van der Waals surface area contributed by atoms with Crippen molar-refractivity contribution in [3.8, 4) is 0 Å². The van der Waals surface area contributed by atoms with Gasteiger partial charge in [-0.2, -0.15) is 4.31 Å². The Morgan fingerprint density at radius 3 is 2.30 bits per heavy atom. The fourth-order valence-corrected chi connectivity index (χ4v) is 4.84. The second-order valence-electron chi connectivity index (χ2n) is 6.93. The van der Waals surface area contributed by atoms with Crippen molar-refractivity contribution in [3.63, 3.8) is 0 Å². The second kappa shape index (κ2) is 8.64. The Kier molecular flexibility index (Phi) is 5.78. The van der Waals surface area contributed by atoms with E-state index < -0.39 is 10.0 Å². The summed E-state index contributed by atoms with van der Waals surface area (Å²) in [5.41, 5.74) is 0.952. The van der Waals surface area contributed by atoms with Crippen molar-refractivity contribution in [1.82, 2.24) is 9.29 Å². The molecule has 1 aliphatic rings.